The first-order valence-corrected chi connectivity index (χ1v) is 9.51. The van der Waals surface area contributed by atoms with E-state index < -0.39 is 7.12 Å². The highest BCUT2D eigenvalue weighted by molar-refractivity contribution is 7.99. The zero-order valence-electron chi connectivity index (χ0n) is 14.4. The van der Waals surface area contributed by atoms with Gasteiger partial charge in [-0.2, -0.15) is 0 Å². The highest BCUT2D eigenvalue weighted by atomic mass is 32.2. The number of hydrogen-bond donors (Lipinski definition) is 2. The summed E-state index contributed by atoms with van der Waals surface area (Å²) in [5.41, 5.74) is 3.88. The Hall–Kier alpha value is -2.67. The number of rotatable bonds is 3. The molecule has 6 heteroatoms. The van der Waals surface area contributed by atoms with Gasteiger partial charge in [0, 0.05) is 22.2 Å². The first-order valence-electron chi connectivity index (χ1n) is 8.69. The van der Waals surface area contributed by atoms with Crippen LogP contribution in [0, 0.1) is 0 Å². The second-order valence-corrected chi connectivity index (χ2v) is 7.58. The minimum Gasteiger partial charge on any atom is -0.507 e. The van der Waals surface area contributed by atoms with Crippen molar-refractivity contribution in [3.05, 3.63) is 78.5 Å². The van der Waals surface area contributed by atoms with Crippen LogP contribution in [0.25, 0.3) is 16.6 Å². The van der Waals surface area contributed by atoms with E-state index in [9.17, 15) is 10.1 Å². The molecular formula is C21H16BNO3S. The van der Waals surface area contributed by atoms with Gasteiger partial charge in [-0.05, 0) is 41.4 Å². The standard InChI is InChI=1S/C21H16BNO3S/c24-19-7-3-4-8-20(19)27-21-12-23(18-6-2-1-5-16(18)21)15-10-9-14-13-26-22(25)17(14)11-15/h1-12,24-25H,13H2. The van der Waals surface area contributed by atoms with Crippen molar-refractivity contribution in [1.29, 1.82) is 0 Å². The Labute approximate surface area is 161 Å². The van der Waals surface area contributed by atoms with Gasteiger partial charge in [-0.25, -0.2) is 0 Å². The van der Waals surface area contributed by atoms with Gasteiger partial charge >= 0.3 is 7.12 Å². The normalized spacial score (nSPS) is 13.3. The minimum atomic E-state index is -0.864. The van der Waals surface area contributed by atoms with Crippen molar-refractivity contribution in [2.75, 3.05) is 0 Å². The predicted molar refractivity (Wildman–Crippen MR) is 108 cm³/mol. The Bertz CT molecular complexity index is 1160. The summed E-state index contributed by atoms with van der Waals surface area (Å²) in [6.07, 6.45) is 2.08. The summed E-state index contributed by atoms with van der Waals surface area (Å²) in [6.45, 7) is 0.442. The van der Waals surface area contributed by atoms with E-state index in [1.807, 2.05) is 48.5 Å². The molecule has 0 aliphatic carbocycles. The van der Waals surface area contributed by atoms with E-state index in [-0.39, 0.29) is 5.75 Å². The third-order valence-corrected chi connectivity index (χ3v) is 5.94. The molecule has 0 saturated carbocycles. The van der Waals surface area contributed by atoms with Crippen molar-refractivity contribution in [2.24, 2.45) is 0 Å². The second kappa shape index (κ2) is 6.49. The van der Waals surface area contributed by atoms with Crippen LogP contribution in [0.4, 0.5) is 0 Å². The lowest BCUT2D eigenvalue weighted by molar-refractivity contribution is 0.275. The number of hydrogen-bond acceptors (Lipinski definition) is 4. The summed E-state index contributed by atoms with van der Waals surface area (Å²) in [5.74, 6) is 0.275. The lowest BCUT2D eigenvalue weighted by Gasteiger charge is -2.07. The molecule has 0 spiro atoms. The fourth-order valence-electron chi connectivity index (χ4n) is 3.46. The van der Waals surface area contributed by atoms with Crippen molar-refractivity contribution < 1.29 is 14.8 Å². The predicted octanol–water partition coefficient (Wildman–Crippen LogP) is 3.71. The van der Waals surface area contributed by atoms with E-state index in [1.54, 1.807) is 17.8 Å². The monoisotopic (exact) mass is 373 g/mol. The van der Waals surface area contributed by atoms with Gasteiger partial charge in [-0.1, -0.05) is 48.2 Å². The average Bonchev–Trinajstić information content (AvgIpc) is 3.25. The smallest absolute Gasteiger partial charge is 0.491 e. The maximum atomic E-state index is 10.1. The minimum absolute atomic E-state index is 0.275. The van der Waals surface area contributed by atoms with Crippen LogP contribution < -0.4 is 5.46 Å². The average molecular weight is 373 g/mol. The van der Waals surface area contributed by atoms with E-state index in [0.717, 1.165) is 37.4 Å². The molecule has 4 nitrogen and oxygen atoms in total. The molecule has 0 bridgehead atoms. The summed E-state index contributed by atoms with van der Waals surface area (Å²) in [6, 6.07) is 21.6. The molecule has 3 aromatic carbocycles. The van der Waals surface area contributed by atoms with Gasteiger partial charge in [0.05, 0.1) is 17.0 Å². The third-order valence-electron chi connectivity index (χ3n) is 4.83. The maximum Gasteiger partial charge on any atom is 0.491 e. The molecule has 0 amide bonds. The van der Waals surface area contributed by atoms with Gasteiger partial charge in [0.2, 0.25) is 0 Å². The molecule has 0 radical (unpaired) electrons. The topological polar surface area (TPSA) is 54.6 Å². The summed E-state index contributed by atoms with van der Waals surface area (Å²) >= 11 is 1.54. The van der Waals surface area contributed by atoms with Crippen LogP contribution in [0.5, 0.6) is 5.75 Å². The van der Waals surface area contributed by atoms with Gasteiger partial charge in [-0.15, -0.1) is 0 Å². The zero-order chi connectivity index (χ0) is 18.4. The Morgan fingerprint density at radius 1 is 0.963 bits per heavy atom. The van der Waals surface area contributed by atoms with Gasteiger partial charge in [0.25, 0.3) is 0 Å². The van der Waals surface area contributed by atoms with E-state index in [0.29, 0.717) is 6.61 Å². The maximum absolute atomic E-state index is 10.1. The van der Waals surface area contributed by atoms with Gasteiger partial charge in [0.15, 0.2) is 0 Å². The van der Waals surface area contributed by atoms with Crippen LogP contribution in [0.3, 0.4) is 0 Å². The fourth-order valence-corrected chi connectivity index (χ4v) is 4.45. The van der Waals surface area contributed by atoms with Crippen molar-refractivity contribution in [3.8, 4) is 11.4 Å². The molecule has 0 saturated heterocycles. The largest absolute Gasteiger partial charge is 0.507 e. The van der Waals surface area contributed by atoms with Crippen LogP contribution >= 0.6 is 11.8 Å². The van der Waals surface area contributed by atoms with Crippen LogP contribution in [-0.2, 0) is 11.3 Å². The molecule has 132 valence electrons. The van der Waals surface area contributed by atoms with Gasteiger partial charge < -0.3 is 19.4 Å². The molecule has 27 heavy (non-hydrogen) atoms. The van der Waals surface area contributed by atoms with Crippen LogP contribution in [0.1, 0.15) is 5.56 Å². The number of phenols is 1. The Morgan fingerprint density at radius 3 is 2.67 bits per heavy atom. The van der Waals surface area contributed by atoms with Gasteiger partial charge in [-0.3, -0.25) is 0 Å². The van der Waals surface area contributed by atoms with Crippen molar-refractivity contribution in [2.45, 2.75) is 16.4 Å². The second-order valence-electron chi connectivity index (χ2n) is 6.50. The number of nitrogens with zero attached hydrogens (tertiary/aromatic N) is 1. The lowest BCUT2D eigenvalue weighted by atomic mass is 9.79. The summed E-state index contributed by atoms with van der Waals surface area (Å²) in [4.78, 5) is 1.88. The Kier molecular flexibility index (Phi) is 3.97. The molecule has 4 aromatic rings. The number of aromatic hydroxyl groups is 1. The van der Waals surface area contributed by atoms with Gasteiger partial charge in [0.1, 0.15) is 5.75 Å². The molecule has 1 aliphatic rings. The number of aromatic nitrogens is 1. The number of para-hydroxylation sites is 2. The molecule has 1 aliphatic heterocycles. The molecule has 2 heterocycles. The molecule has 5 rings (SSSR count). The van der Waals surface area contributed by atoms with Crippen molar-refractivity contribution in [3.63, 3.8) is 0 Å². The van der Waals surface area contributed by atoms with Crippen molar-refractivity contribution in [1.82, 2.24) is 4.57 Å². The quantitative estimate of drug-likeness (QED) is 0.538. The van der Waals surface area contributed by atoms with E-state index in [1.165, 1.54) is 0 Å². The Balaban J connectivity index is 1.64. The Morgan fingerprint density at radius 2 is 1.78 bits per heavy atom. The van der Waals surface area contributed by atoms with E-state index in [4.69, 9.17) is 4.65 Å². The van der Waals surface area contributed by atoms with E-state index in [2.05, 4.69) is 22.9 Å². The first kappa shape index (κ1) is 16.5. The molecule has 1 aromatic heterocycles. The highest BCUT2D eigenvalue weighted by Crippen LogP contribution is 2.39. The number of phenolic OH excluding ortho intramolecular Hbond substituents is 1. The van der Waals surface area contributed by atoms with Crippen LogP contribution in [0.15, 0.2) is 82.7 Å². The summed E-state index contributed by atoms with van der Waals surface area (Å²) in [7, 11) is -0.864. The lowest BCUT2D eigenvalue weighted by Crippen LogP contribution is -2.28. The molecule has 2 N–H and O–H groups in total. The summed E-state index contributed by atoms with van der Waals surface area (Å²) < 4.78 is 7.43. The molecule has 0 unspecified atom stereocenters. The highest BCUT2D eigenvalue weighted by Gasteiger charge is 2.27. The fraction of sp³-hybridized carbons (Fsp3) is 0.0476. The summed E-state index contributed by atoms with van der Waals surface area (Å²) in [5, 5.41) is 21.3. The van der Waals surface area contributed by atoms with Crippen LogP contribution in [0.2, 0.25) is 0 Å². The number of fused-ring (bicyclic) bond motifs is 2. The number of benzene rings is 3. The first-order chi connectivity index (χ1) is 13.2. The molecular weight excluding hydrogens is 357 g/mol. The molecule has 0 fully saturated rings. The van der Waals surface area contributed by atoms with Crippen molar-refractivity contribution >= 4 is 35.2 Å². The van der Waals surface area contributed by atoms with E-state index >= 15 is 0 Å². The zero-order valence-corrected chi connectivity index (χ0v) is 15.2. The third kappa shape index (κ3) is 2.82. The molecule has 0 atom stereocenters. The van der Waals surface area contributed by atoms with Crippen LogP contribution in [-0.4, -0.2) is 21.8 Å². The SMILES string of the molecule is OB1OCc2ccc(-n3cc(Sc4ccccc4O)c4ccccc43)cc21.